The second-order valence-electron chi connectivity index (χ2n) is 6.13. The van der Waals surface area contributed by atoms with Gasteiger partial charge in [0.05, 0.1) is 6.61 Å². The molecule has 0 aliphatic rings. The summed E-state index contributed by atoms with van der Waals surface area (Å²) in [5, 5.41) is 3.53. The Kier molecular flexibility index (Phi) is 7.11. The van der Waals surface area contributed by atoms with Gasteiger partial charge in [-0.1, -0.05) is 44.0 Å². The fourth-order valence-electron chi connectivity index (χ4n) is 1.87. The van der Waals surface area contributed by atoms with E-state index >= 15 is 0 Å². The van der Waals surface area contributed by atoms with Crippen LogP contribution in [-0.4, -0.2) is 12.1 Å². The molecule has 0 radical (unpaired) electrons. The largest absolute Gasteiger partial charge is 0.377 e. The van der Waals surface area contributed by atoms with Crippen LogP contribution in [0.1, 0.15) is 58.1 Å². The predicted molar refractivity (Wildman–Crippen MR) is 82.2 cm³/mol. The minimum Gasteiger partial charge on any atom is -0.377 e. The zero-order valence-corrected chi connectivity index (χ0v) is 13.0. The molecule has 0 unspecified atom stereocenters. The van der Waals surface area contributed by atoms with Gasteiger partial charge >= 0.3 is 0 Å². The van der Waals surface area contributed by atoms with Gasteiger partial charge in [-0.15, -0.1) is 0 Å². The third kappa shape index (κ3) is 7.34. The molecule has 0 bridgehead atoms. The Bertz CT molecular complexity index is 355. The van der Waals surface area contributed by atoms with Crippen molar-refractivity contribution in [2.45, 2.75) is 65.6 Å². The summed E-state index contributed by atoms with van der Waals surface area (Å²) in [4.78, 5) is 0. The highest BCUT2D eigenvalue weighted by atomic mass is 16.5. The summed E-state index contributed by atoms with van der Waals surface area (Å²) in [5.74, 6) is 0. The van der Waals surface area contributed by atoms with Crippen molar-refractivity contribution in [2.24, 2.45) is 0 Å². The van der Waals surface area contributed by atoms with E-state index in [2.05, 4.69) is 57.3 Å². The fourth-order valence-corrected chi connectivity index (χ4v) is 1.87. The number of rotatable bonds is 8. The van der Waals surface area contributed by atoms with Gasteiger partial charge in [0.1, 0.15) is 0 Å². The van der Waals surface area contributed by atoms with Crippen molar-refractivity contribution in [3.63, 3.8) is 0 Å². The normalized spacial score (nSPS) is 11.8. The van der Waals surface area contributed by atoms with Gasteiger partial charge < -0.3 is 10.1 Å². The molecule has 2 heteroatoms. The molecule has 0 saturated carbocycles. The summed E-state index contributed by atoms with van der Waals surface area (Å²) >= 11 is 0. The van der Waals surface area contributed by atoms with Gasteiger partial charge in [-0.2, -0.15) is 0 Å². The first-order valence-corrected chi connectivity index (χ1v) is 7.42. The van der Waals surface area contributed by atoms with E-state index in [0.717, 1.165) is 19.8 Å². The van der Waals surface area contributed by atoms with Crippen LogP contribution in [0.5, 0.6) is 0 Å². The minimum absolute atomic E-state index is 0.148. The Hall–Kier alpha value is -0.860. The van der Waals surface area contributed by atoms with Crippen LogP contribution in [0.2, 0.25) is 0 Å². The maximum atomic E-state index is 5.77. The van der Waals surface area contributed by atoms with Gasteiger partial charge in [-0.3, -0.25) is 0 Å². The van der Waals surface area contributed by atoms with E-state index in [-0.39, 0.29) is 5.54 Å². The van der Waals surface area contributed by atoms with Crippen LogP contribution in [0.4, 0.5) is 0 Å². The first kappa shape index (κ1) is 16.2. The zero-order valence-electron chi connectivity index (χ0n) is 13.0. The number of hydrogen-bond donors (Lipinski definition) is 1. The topological polar surface area (TPSA) is 21.3 Å². The lowest BCUT2D eigenvalue weighted by atomic mass is 10.1. The van der Waals surface area contributed by atoms with Crippen molar-refractivity contribution in [1.82, 2.24) is 5.32 Å². The predicted octanol–water partition coefficient (Wildman–Crippen LogP) is 4.28. The molecular weight excluding hydrogens is 234 g/mol. The number of nitrogens with one attached hydrogen (secondary N) is 1. The molecule has 1 aromatic rings. The van der Waals surface area contributed by atoms with E-state index in [1.54, 1.807) is 0 Å². The standard InChI is InChI=1S/C17H29NO/c1-5-6-9-12-19-14-16-11-8-7-10-15(16)13-18-17(2,3)4/h7-8,10-11,18H,5-6,9,12-14H2,1-4H3. The molecule has 0 spiro atoms. The number of unbranched alkanes of at least 4 members (excludes halogenated alkanes) is 2. The Morgan fingerprint density at radius 1 is 1.05 bits per heavy atom. The van der Waals surface area contributed by atoms with Crippen molar-refractivity contribution in [3.8, 4) is 0 Å². The maximum Gasteiger partial charge on any atom is 0.0720 e. The first-order valence-electron chi connectivity index (χ1n) is 7.42. The summed E-state index contributed by atoms with van der Waals surface area (Å²) in [5.41, 5.74) is 2.79. The second kappa shape index (κ2) is 8.34. The van der Waals surface area contributed by atoms with E-state index in [9.17, 15) is 0 Å². The maximum absolute atomic E-state index is 5.77. The Balaban J connectivity index is 2.44. The van der Waals surface area contributed by atoms with Crippen LogP contribution in [0.3, 0.4) is 0 Å². The SMILES string of the molecule is CCCCCOCc1ccccc1CNC(C)(C)C. The first-order chi connectivity index (χ1) is 9.03. The van der Waals surface area contributed by atoms with E-state index in [1.165, 1.54) is 30.4 Å². The quantitative estimate of drug-likeness (QED) is 0.707. The molecule has 0 aliphatic heterocycles. The van der Waals surface area contributed by atoms with Crippen molar-refractivity contribution in [2.75, 3.05) is 6.61 Å². The molecule has 108 valence electrons. The summed E-state index contributed by atoms with van der Waals surface area (Å²) in [6, 6.07) is 8.54. The van der Waals surface area contributed by atoms with Gasteiger partial charge in [0.15, 0.2) is 0 Å². The lowest BCUT2D eigenvalue weighted by molar-refractivity contribution is 0.116. The summed E-state index contributed by atoms with van der Waals surface area (Å²) in [6.07, 6.45) is 3.67. The van der Waals surface area contributed by atoms with Crippen LogP contribution in [-0.2, 0) is 17.9 Å². The molecule has 0 amide bonds. The van der Waals surface area contributed by atoms with Crippen LogP contribution >= 0.6 is 0 Å². The van der Waals surface area contributed by atoms with E-state index in [0.29, 0.717) is 0 Å². The molecule has 0 atom stereocenters. The van der Waals surface area contributed by atoms with Crippen LogP contribution in [0.15, 0.2) is 24.3 Å². The Morgan fingerprint density at radius 2 is 1.74 bits per heavy atom. The van der Waals surface area contributed by atoms with Crippen molar-refractivity contribution in [3.05, 3.63) is 35.4 Å². The highest BCUT2D eigenvalue weighted by Gasteiger charge is 2.10. The summed E-state index contributed by atoms with van der Waals surface area (Å²) in [6.45, 7) is 11.3. The highest BCUT2D eigenvalue weighted by molar-refractivity contribution is 5.26. The zero-order chi connectivity index (χ0) is 14.1. The molecule has 0 fully saturated rings. The fraction of sp³-hybridized carbons (Fsp3) is 0.647. The summed E-state index contributed by atoms with van der Waals surface area (Å²) < 4.78 is 5.77. The molecule has 19 heavy (non-hydrogen) atoms. The monoisotopic (exact) mass is 263 g/mol. The van der Waals surface area contributed by atoms with Gasteiger partial charge in [-0.25, -0.2) is 0 Å². The molecule has 1 rings (SSSR count). The average molecular weight is 263 g/mol. The molecule has 2 nitrogen and oxygen atoms in total. The van der Waals surface area contributed by atoms with Gasteiger partial charge in [0, 0.05) is 18.7 Å². The van der Waals surface area contributed by atoms with Gasteiger partial charge in [0.25, 0.3) is 0 Å². The Labute approximate surface area is 118 Å². The lowest BCUT2D eigenvalue weighted by Gasteiger charge is -2.21. The molecule has 1 aromatic carbocycles. The average Bonchev–Trinajstić information content (AvgIpc) is 2.36. The molecule has 0 aromatic heterocycles. The molecule has 0 saturated heterocycles. The number of benzene rings is 1. The van der Waals surface area contributed by atoms with Crippen LogP contribution < -0.4 is 5.32 Å². The molecule has 0 aliphatic carbocycles. The highest BCUT2D eigenvalue weighted by Crippen LogP contribution is 2.12. The van der Waals surface area contributed by atoms with Crippen molar-refractivity contribution < 1.29 is 4.74 Å². The van der Waals surface area contributed by atoms with E-state index in [4.69, 9.17) is 4.74 Å². The number of ether oxygens (including phenoxy) is 1. The van der Waals surface area contributed by atoms with Crippen LogP contribution in [0, 0.1) is 0 Å². The second-order valence-corrected chi connectivity index (χ2v) is 6.13. The van der Waals surface area contributed by atoms with Gasteiger partial charge in [0.2, 0.25) is 0 Å². The summed E-state index contributed by atoms with van der Waals surface area (Å²) in [7, 11) is 0. The smallest absolute Gasteiger partial charge is 0.0720 e. The lowest BCUT2D eigenvalue weighted by Crippen LogP contribution is -2.35. The van der Waals surface area contributed by atoms with Crippen molar-refractivity contribution >= 4 is 0 Å². The Morgan fingerprint density at radius 3 is 2.37 bits per heavy atom. The third-order valence-electron chi connectivity index (χ3n) is 3.08. The third-order valence-corrected chi connectivity index (χ3v) is 3.08. The molecule has 1 N–H and O–H groups in total. The van der Waals surface area contributed by atoms with Gasteiger partial charge in [-0.05, 0) is 38.3 Å². The minimum atomic E-state index is 0.148. The van der Waals surface area contributed by atoms with Crippen LogP contribution in [0.25, 0.3) is 0 Å². The number of hydrogen-bond acceptors (Lipinski definition) is 2. The van der Waals surface area contributed by atoms with E-state index in [1.807, 2.05) is 0 Å². The van der Waals surface area contributed by atoms with Crippen molar-refractivity contribution in [1.29, 1.82) is 0 Å². The van der Waals surface area contributed by atoms with E-state index < -0.39 is 0 Å². The molecular formula is C17H29NO. The molecule has 0 heterocycles.